The number of halogens is 1. The first-order valence-corrected chi connectivity index (χ1v) is 9.19. The third kappa shape index (κ3) is 3.74. The van der Waals surface area contributed by atoms with Crippen LogP contribution in [0.1, 0.15) is 25.7 Å². The molecule has 4 rings (SSSR count). The van der Waals surface area contributed by atoms with E-state index in [-0.39, 0.29) is 12.2 Å². The van der Waals surface area contributed by atoms with Crippen molar-refractivity contribution in [3.63, 3.8) is 0 Å². The molecule has 5 nitrogen and oxygen atoms in total. The van der Waals surface area contributed by atoms with Crippen molar-refractivity contribution in [2.75, 3.05) is 5.32 Å². The summed E-state index contributed by atoms with van der Waals surface area (Å²) in [4.78, 5) is 8.50. The number of nitrogens with one attached hydrogen (secondary N) is 1. The molecular weight excluding hydrogens is 350 g/mol. The van der Waals surface area contributed by atoms with Crippen molar-refractivity contribution < 1.29 is 9.84 Å². The Balaban J connectivity index is 1.58. The Morgan fingerprint density at radius 2 is 1.96 bits per heavy atom. The third-order valence-electron chi connectivity index (χ3n) is 4.68. The molecule has 2 atom stereocenters. The molecule has 1 saturated carbocycles. The lowest BCUT2D eigenvalue weighted by atomic mass is 9.95. The highest BCUT2D eigenvalue weighted by Crippen LogP contribution is 2.30. The number of nitrogens with zero attached hydrogens (tertiary/aromatic N) is 2. The standard InChI is InChI=1S/C20H20ClN3O2/c21-19-8-5-14(12-23-19)24-20-16-7-6-15(11-13(16)9-10-22-20)26-18-4-2-1-3-17(18)25/h5-12,17-18,25H,1-4H2,(H,22,24)/t17-,18-/m1/s1. The average Bonchev–Trinajstić information content (AvgIpc) is 2.65. The molecule has 0 aliphatic heterocycles. The van der Waals surface area contributed by atoms with Crippen LogP contribution in [0.5, 0.6) is 5.75 Å². The van der Waals surface area contributed by atoms with Crippen molar-refractivity contribution in [3.05, 3.63) is 53.9 Å². The van der Waals surface area contributed by atoms with Crippen molar-refractivity contribution in [2.24, 2.45) is 0 Å². The van der Waals surface area contributed by atoms with E-state index in [9.17, 15) is 5.11 Å². The molecule has 0 spiro atoms. The smallest absolute Gasteiger partial charge is 0.138 e. The van der Waals surface area contributed by atoms with Crippen LogP contribution in [-0.4, -0.2) is 27.3 Å². The lowest BCUT2D eigenvalue weighted by Crippen LogP contribution is -2.34. The number of hydrogen-bond acceptors (Lipinski definition) is 5. The predicted octanol–water partition coefficient (Wildman–Crippen LogP) is 4.71. The maximum absolute atomic E-state index is 10.1. The van der Waals surface area contributed by atoms with Crippen molar-refractivity contribution >= 4 is 33.9 Å². The Labute approximate surface area is 157 Å². The molecule has 0 amide bonds. The van der Waals surface area contributed by atoms with Gasteiger partial charge in [-0.05, 0) is 61.0 Å². The van der Waals surface area contributed by atoms with Crippen LogP contribution in [-0.2, 0) is 0 Å². The summed E-state index contributed by atoms with van der Waals surface area (Å²) >= 11 is 5.83. The summed E-state index contributed by atoms with van der Waals surface area (Å²) in [7, 11) is 0. The zero-order chi connectivity index (χ0) is 17.9. The molecule has 6 heteroatoms. The van der Waals surface area contributed by atoms with Crippen LogP contribution >= 0.6 is 11.6 Å². The van der Waals surface area contributed by atoms with Gasteiger partial charge in [0.15, 0.2) is 0 Å². The number of rotatable bonds is 4. The number of aliphatic hydroxyl groups excluding tert-OH is 1. The Kier molecular flexibility index (Phi) is 4.91. The van der Waals surface area contributed by atoms with Gasteiger partial charge in [0.25, 0.3) is 0 Å². The quantitative estimate of drug-likeness (QED) is 0.652. The number of aliphatic hydroxyl groups is 1. The molecule has 2 aromatic heterocycles. The number of anilines is 2. The van der Waals surface area contributed by atoms with Crippen LogP contribution in [0, 0.1) is 0 Å². The molecule has 3 aromatic rings. The molecule has 0 radical (unpaired) electrons. The second kappa shape index (κ2) is 7.48. The molecular formula is C20H20ClN3O2. The van der Waals surface area contributed by atoms with Gasteiger partial charge < -0.3 is 15.2 Å². The summed E-state index contributed by atoms with van der Waals surface area (Å²) in [6.07, 6.45) is 6.80. The fourth-order valence-corrected chi connectivity index (χ4v) is 3.42. The van der Waals surface area contributed by atoms with E-state index in [4.69, 9.17) is 16.3 Å². The molecule has 1 aromatic carbocycles. The molecule has 134 valence electrons. The van der Waals surface area contributed by atoms with Gasteiger partial charge in [0.1, 0.15) is 22.8 Å². The SMILES string of the molecule is O[C@@H]1CCCC[C@H]1Oc1ccc2c(Nc3ccc(Cl)nc3)nccc2c1. The number of benzene rings is 1. The van der Waals surface area contributed by atoms with Crippen LogP contribution in [0.25, 0.3) is 10.8 Å². The van der Waals surface area contributed by atoms with Gasteiger partial charge in [-0.25, -0.2) is 9.97 Å². The average molecular weight is 370 g/mol. The van der Waals surface area contributed by atoms with Gasteiger partial charge in [-0.2, -0.15) is 0 Å². The molecule has 1 aliphatic rings. The normalized spacial score (nSPS) is 20.1. The zero-order valence-electron chi connectivity index (χ0n) is 14.2. The molecule has 0 bridgehead atoms. The van der Waals surface area contributed by atoms with Crippen molar-refractivity contribution in [1.82, 2.24) is 9.97 Å². The third-order valence-corrected chi connectivity index (χ3v) is 4.90. The lowest BCUT2D eigenvalue weighted by molar-refractivity contribution is 0.00694. The van der Waals surface area contributed by atoms with Gasteiger partial charge in [-0.3, -0.25) is 0 Å². The second-order valence-corrected chi connectivity index (χ2v) is 6.93. The van der Waals surface area contributed by atoms with Gasteiger partial charge in [0.05, 0.1) is 18.0 Å². The van der Waals surface area contributed by atoms with Crippen molar-refractivity contribution in [2.45, 2.75) is 37.9 Å². The fraction of sp³-hybridized carbons (Fsp3) is 0.300. The van der Waals surface area contributed by atoms with E-state index in [1.54, 1.807) is 18.5 Å². The monoisotopic (exact) mass is 369 g/mol. The van der Waals surface area contributed by atoms with E-state index in [2.05, 4.69) is 15.3 Å². The van der Waals surface area contributed by atoms with E-state index in [1.165, 1.54) is 0 Å². The van der Waals surface area contributed by atoms with E-state index in [0.717, 1.165) is 53.7 Å². The van der Waals surface area contributed by atoms with Crippen LogP contribution < -0.4 is 10.1 Å². The number of fused-ring (bicyclic) bond motifs is 1. The minimum absolute atomic E-state index is 0.124. The van der Waals surface area contributed by atoms with Crippen LogP contribution in [0.15, 0.2) is 48.8 Å². The molecule has 1 fully saturated rings. The zero-order valence-corrected chi connectivity index (χ0v) is 15.0. The van der Waals surface area contributed by atoms with Gasteiger partial charge >= 0.3 is 0 Å². The summed E-state index contributed by atoms with van der Waals surface area (Å²) in [6.45, 7) is 0. The maximum atomic E-state index is 10.1. The highest BCUT2D eigenvalue weighted by atomic mass is 35.5. The predicted molar refractivity (Wildman–Crippen MR) is 103 cm³/mol. The maximum Gasteiger partial charge on any atom is 0.138 e. The van der Waals surface area contributed by atoms with Gasteiger partial charge in [0, 0.05) is 11.6 Å². The van der Waals surface area contributed by atoms with Crippen LogP contribution in [0.3, 0.4) is 0 Å². The highest BCUT2D eigenvalue weighted by Gasteiger charge is 2.24. The largest absolute Gasteiger partial charge is 0.488 e. The number of ether oxygens (including phenoxy) is 1. The molecule has 26 heavy (non-hydrogen) atoms. The first-order valence-electron chi connectivity index (χ1n) is 8.81. The minimum atomic E-state index is -0.383. The summed E-state index contributed by atoms with van der Waals surface area (Å²) < 4.78 is 6.03. The topological polar surface area (TPSA) is 67.3 Å². The van der Waals surface area contributed by atoms with E-state index in [1.807, 2.05) is 30.3 Å². The Bertz CT molecular complexity index is 901. The molecule has 0 saturated heterocycles. The summed E-state index contributed by atoms with van der Waals surface area (Å²) in [5, 5.41) is 15.8. The van der Waals surface area contributed by atoms with Gasteiger partial charge in [-0.1, -0.05) is 18.0 Å². The van der Waals surface area contributed by atoms with E-state index >= 15 is 0 Å². The van der Waals surface area contributed by atoms with Crippen LogP contribution in [0.4, 0.5) is 11.5 Å². The van der Waals surface area contributed by atoms with Gasteiger partial charge in [0.2, 0.25) is 0 Å². The van der Waals surface area contributed by atoms with Crippen molar-refractivity contribution in [3.8, 4) is 5.75 Å². The Hall–Kier alpha value is -2.37. The molecule has 2 N–H and O–H groups in total. The Morgan fingerprint density at radius 3 is 2.77 bits per heavy atom. The Morgan fingerprint density at radius 1 is 1.08 bits per heavy atom. The van der Waals surface area contributed by atoms with Crippen LogP contribution in [0.2, 0.25) is 5.15 Å². The second-order valence-electron chi connectivity index (χ2n) is 6.55. The molecule has 0 unspecified atom stereocenters. The summed E-state index contributed by atoms with van der Waals surface area (Å²) in [5.41, 5.74) is 0.819. The van der Waals surface area contributed by atoms with Gasteiger partial charge in [-0.15, -0.1) is 0 Å². The first kappa shape index (κ1) is 17.1. The van der Waals surface area contributed by atoms with E-state index < -0.39 is 0 Å². The van der Waals surface area contributed by atoms with E-state index in [0.29, 0.717) is 5.15 Å². The lowest BCUT2D eigenvalue weighted by Gasteiger charge is -2.28. The highest BCUT2D eigenvalue weighted by molar-refractivity contribution is 6.29. The number of aromatic nitrogens is 2. The summed E-state index contributed by atoms with van der Waals surface area (Å²) in [5.74, 6) is 1.52. The van der Waals surface area contributed by atoms with Crippen molar-refractivity contribution in [1.29, 1.82) is 0 Å². The summed E-state index contributed by atoms with van der Waals surface area (Å²) in [6, 6.07) is 11.4. The molecule has 2 heterocycles. The number of pyridine rings is 2. The minimum Gasteiger partial charge on any atom is -0.488 e. The molecule has 1 aliphatic carbocycles. The number of hydrogen-bond donors (Lipinski definition) is 2. The first-order chi connectivity index (χ1) is 12.7. The fourth-order valence-electron chi connectivity index (χ4n) is 3.30.